The van der Waals surface area contributed by atoms with E-state index >= 15 is 0 Å². The van der Waals surface area contributed by atoms with Gasteiger partial charge in [0.25, 0.3) is 0 Å². The van der Waals surface area contributed by atoms with Crippen molar-refractivity contribution < 1.29 is 14.3 Å². The molecule has 2 aromatic carbocycles. The number of benzene rings is 2. The summed E-state index contributed by atoms with van der Waals surface area (Å²) in [6.07, 6.45) is 0. The average Bonchev–Trinajstić information content (AvgIpc) is 2.66. The summed E-state index contributed by atoms with van der Waals surface area (Å²) in [6, 6.07) is 13.8. The molecule has 0 aromatic heterocycles. The van der Waals surface area contributed by atoms with Gasteiger partial charge in [0.05, 0.1) is 12.6 Å². The van der Waals surface area contributed by atoms with Crippen LogP contribution in [0.15, 0.2) is 48.5 Å². The second kappa shape index (κ2) is 9.94. The molecular weight excluding hydrogens is 366 g/mol. The third-order valence-corrected chi connectivity index (χ3v) is 4.30. The van der Waals surface area contributed by atoms with Crippen molar-refractivity contribution in [2.75, 3.05) is 11.9 Å². The fourth-order valence-electron chi connectivity index (χ4n) is 2.20. The fraction of sp³-hybridized carbons (Fsp3) is 0.300. The molecule has 0 heterocycles. The number of hydrogen-bond acceptors (Lipinski definition) is 4. The largest absolute Gasteiger partial charge is 0.489 e. The Morgan fingerprint density at radius 1 is 1.11 bits per heavy atom. The summed E-state index contributed by atoms with van der Waals surface area (Å²) in [5.74, 6) is -0.0111. The first kappa shape index (κ1) is 20.7. The minimum Gasteiger partial charge on any atom is -0.489 e. The van der Waals surface area contributed by atoms with Gasteiger partial charge in [0.1, 0.15) is 12.4 Å². The normalized spacial score (nSPS) is 11.7. The van der Waals surface area contributed by atoms with Crippen LogP contribution in [-0.4, -0.2) is 24.4 Å². The van der Waals surface area contributed by atoms with E-state index in [1.54, 1.807) is 24.3 Å². The lowest BCUT2D eigenvalue weighted by molar-refractivity contribution is -0.125. The molecule has 144 valence electrons. The number of carbonyl (C=O) groups excluding carboxylic acids is 2. The molecule has 4 N–H and O–H groups in total. The summed E-state index contributed by atoms with van der Waals surface area (Å²) < 4.78 is 5.69. The monoisotopic (exact) mass is 389 g/mol. The second-order valence-corrected chi connectivity index (χ2v) is 6.85. The number of nitrogens with one attached hydrogen (secondary N) is 2. The molecule has 0 fully saturated rings. The van der Waals surface area contributed by atoms with Crippen molar-refractivity contribution in [3.8, 4) is 5.75 Å². The van der Waals surface area contributed by atoms with Crippen molar-refractivity contribution in [1.29, 1.82) is 0 Å². The molecule has 2 aromatic rings. The van der Waals surface area contributed by atoms with Crippen LogP contribution in [0.1, 0.15) is 19.4 Å². The Morgan fingerprint density at radius 2 is 1.78 bits per heavy atom. The molecule has 0 bridgehead atoms. The molecule has 0 unspecified atom stereocenters. The molecule has 2 rings (SSSR count). The molecule has 0 saturated carbocycles. The highest BCUT2D eigenvalue weighted by Gasteiger charge is 2.17. The highest BCUT2D eigenvalue weighted by atomic mass is 35.5. The molecule has 0 spiro atoms. The zero-order valence-electron chi connectivity index (χ0n) is 15.4. The topological polar surface area (TPSA) is 93.5 Å². The molecule has 6 nitrogen and oxygen atoms in total. The van der Waals surface area contributed by atoms with Gasteiger partial charge in [-0.25, -0.2) is 0 Å². The number of carbonyl (C=O) groups is 2. The van der Waals surface area contributed by atoms with Crippen molar-refractivity contribution in [2.45, 2.75) is 26.5 Å². The predicted molar refractivity (Wildman–Crippen MR) is 107 cm³/mol. The number of anilines is 1. The first-order chi connectivity index (χ1) is 12.9. The summed E-state index contributed by atoms with van der Waals surface area (Å²) in [5.41, 5.74) is 7.23. The van der Waals surface area contributed by atoms with E-state index in [4.69, 9.17) is 22.1 Å². The van der Waals surface area contributed by atoms with Gasteiger partial charge < -0.3 is 21.1 Å². The van der Waals surface area contributed by atoms with Crippen LogP contribution in [0.25, 0.3) is 0 Å². The van der Waals surface area contributed by atoms with Crippen LogP contribution in [0.3, 0.4) is 0 Å². The Labute approximate surface area is 164 Å². The van der Waals surface area contributed by atoms with Crippen LogP contribution in [0.4, 0.5) is 5.69 Å². The molecule has 0 aliphatic carbocycles. The summed E-state index contributed by atoms with van der Waals surface area (Å²) in [4.78, 5) is 23.7. The van der Waals surface area contributed by atoms with Gasteiger partial charge in [-0.1, -0.05) is 43.6 Å². The predicted octanol–water partition coefficient (Wildman–Crippen LogP) is 2.96. The van der Waals surface area contributed by atoms with Gasteiger partial charge in [-0.05, 0) is 36.2 Å². The van der Waals surface area contributed by atoms with Gasteiger partial charge in [-0.3, -0.25) is 9.59 Å². The Kier molecular flexibility index (Phi) is 7.64. The molecule has 0 saturated heterocycles. The third-order valence-electron chi connectivity index (χ3n) is 3.93. The number of hydrogen-bond donors (Lipinski definition) is 3. The van der Waals surface area contributed by atoms with E-state index in [1.165, 1.54) is 0 Å². The molecule has 1 atom stereocenters. The van der Waals surface area contributed by atoms with E-state index in [2.05, 4.69) is 10.6 Å². The SMILES string of the molecule is CC(C)[C@H](N)C(=O)NCC(=O)Nc1ccc(OCc2ccccc2Cl)cc1. The summed E-state index contributed by atoms with van der Waals surface area (Å²) in [6.45, 7) is 3.91. The quantitative estimate of drug-likeness (QED) is 0.647. The van der Waals surface area contributed by atoms with E-state index in [-0.39, 0.29) is 24.3 Å². The van der Waals surface area contributed by atoms with Gasteiger partial charge in [-0.2, -0.15) is 0 Å². The number of nitrogens with two attached hydrogens (primary N) is 1. The molecular formula is C20H24ClN3O3. The average molecular weight is 390 g/mol. The van der Waals surface area contributed by atoms with Crippen molar-refractivity contribution in [2.24, 2.45) is 11.7 Å². The van der Waals surface area contributed by atoms with Crippen molar-refractivity contribution in [1.82, 2.24) is 5.32 Å². The molecule has 7 heteroatoms. The Hall–Kier alpha value is -2.57. The maximum absolute atomic E-state index is 11.9. The summed E-state index contributed by atoms with van der Waals surface area (Å²) in [7, 11) is 0. The maximum atomic E-state index is 11.9. The van der Waals surface area contributed by atoms with Crippen LogP contribution < -0.4 is 21.1 Å². The van der Waals surface area contributed by atoms with Crippen molar-refractivity contribution in [3.05, 3.63) is 59.1 Å². The van der Waals surface area contributed by atoms with Gasteiger partial charge in [0.15, 0.2) is 0 Å². The van der Waals surface area contributed by atoms with E-state index < -0.39 is 6.04 Å². The first-order valence-corrected chi connectivity index (χ1v) is 9.04. The Bertz CT molecular complexity index is 778. The number of amides is 2. The van der Waals surface area contributed by atoms with Crippen LogP contribution >= 0.6 is 11.6 Å². The van der Waals surface area contributed by atoms with Crippen molar-refractivity contribution in [3.63, 3.8) is 0 Å². The summed E-state index contributed by atoms with van der Waals surface area (Å²) >= 11 is 6.10. The highest BCUT2D eigenvalue weighted by molar-refractivity contribution is 6.31. The van der Waals surface area contributed by atoms with Gasteiger partial charge in [-0.15, -0.1) is 0 Å². The lowest BCUT2D eigenvalue weighted by atomic mass is 10.1. The van der Waals surface area contributed by atoms with E-state index in [0.29, 0.717) is 23.1 Å². The molecule has 0 aliphatic heterocycles. The third kappa shape index (κ3) is 6.58. The second-order valence-electron chi connectivity index (χ2n) is 6.44. The van der Waals surface area contributed by atoms with Gasteiger partial charge >= 0.3 is 0 Å². The zero-order valence-corrected chi connectivity index (χ0v) is 16.1. The van der Waals surface area contributed by atoms with Crippen LogP contribution in [0, 0.1) is 5.92 Å². The standard InChI is InChI=1S/C20H24ClN3O3/c1-13(2)19(22)20(26)23-11-18(25)24-15-7-9-16(10-8-15)27-12-14-5-3-4-6-17(14)21/h3-10,13,19H,11-12,22H2,1-2H3,(H,23,26)(H,24,25)/t19-/m0/s1. The Balaban J connectivity index is 1.80. The first-order valence-electron chi connectivity index (χ1n) is 8.66. The zero-order chi connectivity index (χ0) is 19.8. The van der Waals surface area contributed by atoms with E-state index in [1.807, 2.05) is 38.1 Å². The van der Waals surface area contributed by atoms with Crippen LogP contribution in [0.5, 0.6) is 5.75 Å². The Morgan fingerprint density at radius 3 is 2.41 bits per heavy atom. The molecule has 2 amide bonds. The molecule has 0 radical (unpaired) electrons. The molecule has 0 aliphatic rings. The highest BCUT2D eigenvalue weighted by Crippen LogP contribution is 2.20. The number of rotatable bonds is 8. The van der Waals surface area contributed by atoms with E-state index in [0.717, 1.165) is 5.56 Å². The molecule has 27 heavy (non-hydrogen) atoms. The van der Waals surface area contributed by atoms with Crippen molar-refractivity contribution >= 4 is 29.1 Å². The lowest BCUT2D eigenvalue weighted by Crippen LogP contribution is -2.46. The van der Waals surface area contributed by atoms with Crippen LogP contribution in [-0.2, 0) is 16.2 Å². The number of halogens is 1. The number of ether oxygens (including phenoxy) is 1. The minimum absolute atomic E-state index is 0.00590. The van der Waals surface area contributed by atoms with E-state index in [9.17, 15) is 9.59 Å². The lowest BCUT2D eigenvalue weighted by Gasteiger charge is -2.15. The maximum Gasteiger partial charge on any atom is 0.243 e. The fourth-order valence-corrected chi connectivity index (χ4v) is 2.39. The van der Waals surface area contributed by atoms with Gasteiger partial charge in [0, 0.05) is 16.3 Å². The summed E-state index contributed by atoms with van der Waals surface area (Å²) in [5, 5.41) is 5.88. The van der Waals surface area contributed by atoms with Gasteiger partial charge in [0.2, 0.25) is 11.8 Å². The van der Waals surface area contributed by atoms with Crippen LogP contribution in [0.2, 0.25) is 5.02 Å². The minimum atomic E-state index is -0.632. The smallest absolute Gasteiger partial charge is 0.243 e.